The summed E-state index contributed by atoms with van der Waals surface area (Å²) < 4.78 is 33.6. The summed E-state index contributed by atoms with van der Waals surface area (Å²) in [6.07, 6.45) is 2.79. The minimum atomic E-state index is -3.53. The fraction of sp³-hybridized carbons (Fsp3) is 0.462. The maximum atomic E-state index is 13.2. The molecule has 1 amide bonds. The number of fused-ring (bicyclic) bond motifs is 1. The molecule has 0 unspecified atom stereocenters. The molecule has 2 aromatic carbocycles. The first-order valence-corrected chi connectivity index (χ1v) is 13.5. The first-order valence-electron chi connectivity index (χ1n) is 12.0. The number of piperidine rings is 2. The number of hydrogen-bond donors (Lipinski definition) is 0. The number of amides is 1. The summed E-state index contributed by atoms with van der Waals surface area (Å²) >= 11 is 0. The highest BCUT2D eigenvalue weighted by Crippen LogP contribution is 2.32. The molecule has 0 bridgehead atoms. The molecule has 0 atom stereocenters. The number of oxazole rings is 1. The second kappa shape index (κ2) is 9.15. The van der Waals surface area contributed by atoms with Gasteiger partial charge in [0.25, 0.3) is 0 Å². The largest absolute Gasteiger partial charge is 0.440 e. The van der Waals surface area contributed by atoms with Crippen molar-refractivity contribution in [1.29, 1.82) is 0 Å². The average molecular weight is 482 g/mol. The molecule has 0 saturated carbocycles. The molecule has 1 aromatic heterocycles. The van der Waals surface area contributed by atoms with Gasteiger partial charge < -0.3 is 9.32 Å². The number of aryl methyl sites for hydroxylation is 2. The molecule has 8 heteroatoms. The molecule has 34 heavy (non-hydrogen) atoms. The van der Waals surface area contributed by atoms with Crippen LogP contribution in [0.25, 0.3) is 11.1 Å². The van der Waals surface area contributed by atoms with Crippen LogP contribution < -0.4 is 0 Å². The zero-order valence-corrected chi connectivity index (χ0v) is 20.6. The quantitative estimate of drug-likeness (QED) is 0.556. The van der Waals surface area contributed by atoms with Crippen LogP contribution in [0.4, 0.5) is 0 Å². The lowest BCUT2D eigenvalue weighted by Crippen LogP contribution is -2.46. The summed E-state index contributed by atoms with van der Waals surface area (Å²) in [6, 6.07) is 13.0. The minimum Gasteiger partial charge on any atom is -0.440 e. The maximum absolute atomic E-state index is 13.2. The molecule has 0 radical (unpaired) electrons. The van der Waals surface area contributed by atoms with Crippen LogP contribution in [0.3, 0.4) is 0 Å². The number of hydrogen-bond acceptors (Lipinski definition) is 5. The van der Waals surface area contributed by atoms with Gasteiger partial charge in [-0.2, -0.15) is 4.31 Å². The predicted molar refractivity (Wildman–Crippen MR) is 130 cm³/mol. The SMILES string of the molecule is Cc1ccc(S(=O)(=O)N2CCC(C(=O)N3CCC(c4nc5ccccc5o4)CC3)CC2)cc1C. The van der Waals surface area contributed by atoms with Gasteiger partial charge >= 0.3 is 0 Å². The van der Waals surface area contributed by atoms with Crippen LogP contribution in [0.15, 0.2) is 51.8 Å². The number of aromatic nitrogens is 1. The number of likely N-dealkylation sites (tertiary alicyclic amines) is 1. The minimum absolute atomic E-state index is 0.118. The molecule has 0 spiro atoms. The van der Waals surface area contributed by atoms with E-state index in [2.05, 4.69) is 4.98 Å². The summed E-state index contributed by atoms with van der Waals surface area (Å²) in [5.41, 5.74) is 3.72. The number of carbonyl (C=O) groups excluding carboxylic acids is 1. The highest BCUT2D eigenvalue weighted by molar-refractivity contribution is 7.89. The zero-order chi connectivity index (χ0) is 23.9. The Labute approximate surface area is 200 Å². The average Bonchev–Trinajstić information content (AvgIpc) is 3.30. The summed E-state index contributed by atoms with van der Waals surface area (Å²) in [4.78, 5) is 20.1. The van der Waals surface area contributed by atoms with Gasteiger partial charge in [-0.05, 0) is 74.9 Å². The molecule has 0 aliphatic carbocycles. The molecule has 180 valence electrons. The van der Waals surface area contributed by atoms with Gasteiger partial charge in [0.2, 0.25) is 15.9 Å². The highest BCUT2D eigenvalue weighted by atomic mass is 32.2. The Hall–Kier alpha value is -2.71. The van der Waals surface area contributed by atoms with E-state index in [9.17, 15) is 13.2 Å². The Bertz CT molecular complexity index is 1270. The van der Waals surface area contributed by atoms with Gasteiger partial charge in [0, 0.05) is 38.0 Å². The summed E-state index contributed by atoms with van der Waals surface area (Å²) in [6.45, 7) is 6.02. The van der Waals surface area contributed by atoms with Crippen LogP contribution in [0.2, 0.25) is 0 Å². The van der Waals surface area contributed by atoms with E-state index in [1.807, 2.05) is 49.1 Å². The van der Waals surface area contributed by atoms with Crippen molar-refractivity contribution in [2.24, 2.45) is 5.92 Å². The summed E-state index contributed by atoms with van der Waals surface area (Å²) in [7, 11) is -3.53. The molecule has 3 aromatic rings. The number of carbonyl (C=O) groups is 1. The monoisotopic (exact) mass is 481 g/mol. The van der Waals surface area contributed by atoms with Crippen LogP contribution in [-0.2, 0) is 14.8 Å². The van der Waals surface area contributed by atoms with E-state index in [1.165, 1.54) is 4.31 Å². The molecule has 5 rings (SSSR count). The first-order chi connectivity index (χ1) is 16.3. The lowest BCUT2D eigenvalue weighted by atomic mass is 9.92. The lowest BCUT2D eigenvalue weighted by molar-refractivity contribution is -0.137. The fourth-order valence-corrected chi connectivity index (χ4v) is 6.59. The van der Waals surface area contributed by atoms with Crippen molar-refractivity contribution in [3.8, 4) is 0 Å². The van der Waals surface area contributed by atoms with E-state index in [0.717, 1.165) is 41.0 Å². The Balaban J connectivity index is 1.16. The van der Waals surface area contributed by atoms with Gasteiger partial charge in [-0.25, -0.2) is 13.4 Å². The van der Waals surface area contributed by atoms with Crippen molar-refractivity contribution in [1.82, 2.24) is 14.2 Å². The van der Waals surface area contributed by atoms with Gasteiger partial charge in [-0.3, -0.25) is 4.79 Å². The molecule has 2 fully saturated rings. The fourth-order valence-electron chi connectivity index (χ4n) is 5.04. The Morgan fingerprint density at radius 2 is 1.65 bits per heavy atom. The standard InChI is InChI=1S/C26H31N3O4S/c1-18-7-8-22(17-19(18)2)34(31,32)29-15-11-21(12-16-29)26(30)28-13-9-20(10-14-28)25-27-23-5-3-4-6-24(23)33-25/h3-8,17,20-21H,9-16H2,1-2H3. The van der Waals surface area contributed by atoms with Gasteiger partial charge in [-0.15, -0.1) is 0 Å². The Kier molecular flexibility index (Phi) is 6.20. The number of benzene rings is 2. The van der Waals surface area contributed by atoms with E-state index in [1.54, 1.807) is 12.1 Å². The van der Waals surface area contributed by atoms with E-state index in [-0.39, 0.29) is 17.7 Å². The van der Waals surface area contributed by atoms with Gasteiger partial charge in [-0.1, -0.05) is 18.2 Å². The van der Waals surface area contributed by atoms with Crippen LogP contribution in [-0.4, -0.2) is 54.7 Å². The van der Waals surface area contributed by atoms with E-state index >= 15 is 0 Å². The summed E-state index contributed by atoms with van der Waals surface area (Å²) in [5.74, 6) is 1.02. The van der Waals surface area contributed by atoms with Crippen molar-refractivity contribution < 1.29 is 17.6 Å². The van der Waals surface area contributed by atoms with Gasteiger partial charge in [0.05, 0.1) is 4.90 Å². The van der Waals surface area contributed by atoms with Gasteiger partial charge in [0.1, 0.15) is 5.52 Å². The molecule has 7 nitrogen and oxygen atoms in total. The van der Waals surface area contributed by atoms with E-state index < -0.39 is 10.0 Å². The van der Waals surface area contributed by atoms with Crippen LogP contribution in [0, 0.1) is 19.8 Å². The number of rotatable bonds is 4. The lowest BCUT2D eigenvalue weighted by Gasteiger charge is -2.36. The number of nitrogens with zero attached hydrogens (tertiary/aromatic N) is 3. The molecular weight excluding hydrogens is 450 g/mol. The summed E-state index contributed by atoms with van der Waals surface area (Å²) in [5, 5.41) is 0. The van der Waals surface area contributed by atoms with E-state index in [4.69, 9.17) is 4.42 Å². The van der Waals surface area contributed by atoms with Crippen LogP contribution in [0.1, 0.15) is 48.6 Å². The third-order valence-electron chi connectivity index (χ3n) is 7.39. The molecule has 2 aliphatic heterocycles. The first kappa shape index (κ1) is 23.1. The Morgan fingerprint density at radius 1 is 0.941 bits per heavy atom. The second-order valence-electron chi connectivity index (χ2n) is 9.54. The Morgan fingerprint density at radius 3 is 2.32 bits per heavy atom. The predicted octanol–water partition coefficient (Wildman–Crippen LogP) is 4.25. The van der Waals surface area contributed by atoms with Crippen molar-refractivity contribution in [3.63, 3.8) is 0 Å². The van der Waals surface area contributed by atoms with Crippen molar-refractivity contribution in [2.45, 2.75) is 50.3 Å². The maximum Gasteiger partial charge on any atom is 0.243 e. The number of para-hydroxylation sites is 2. The van der Waals surface area contributed by atoms with Gasteiger partial charge in [0.15, 0.2) is 11.5 Å². The second-order valence-corrected chi connectivity index (χ2v) is 11.5. The van der Waals surface area contributed by atoms with Crippen LogP contribution >= 0.6 is 0 Å². The van der Waals surface area contributed by atoms with Crippen molar-refractivity contribution >= 4 is 27.0 Å². The number of sulfonamides is 1. The molecule has 2 saturated heterocycles. The molecular formula is C26H31N3O4S. The zero-order valence-electron chi connectivity index (χ0n) is 19.7. The third-order valence-corrected chi connectivity index (χ3v) is 9.28. The third kappa shape index (κ3) is 4.36. The molecule has 2 aliphatic rings. The van der Waals surface area contributed by atoms with Crippen LogP contribution in [0.5, 0.6) is 0 Å². The highest BCUT2D eigenvalue weighted by Gasteiger charge is 2.35. The normalized spacial score (nSPS) is 19.1. The molecule has 0 N–H and O–H groups in total. The van der Waals surface area contributed by atoms with Crippen molar-refractivity contribution in [2.75, 3.05) is 26.2 Å². The molecule has 3 heterocycles. The van der Waals surface area contributed by atoms with Crippen molar-refractivity contribution in [3.05, 3.63) is 59.5 Å². The smallest absolute Gasteiger partial charge is 0.243 e. The van der Waals surface area contributed by atoms with E-state index in [0.29, 0.717) is 43.9 Å². The topological polar surface area (TPSA) is 83.7 Å².